The number of amides is 2. The number of hydrogen-bond donors (Lipinski definition) is 1. The van der Waals surface area contributed by atoms with Crippen molar-refractivity contribution in [3.05, 3.63) is 58.8 Å². The highest BCUT2D eigenvalue weighted by molar-refractivity contribution is 9.10. The Bertz CT molecular complexity index is 733. The van der Waals surface area contributed by atoms with Crippen molar-refractivity contribution in [1.82, 2.24) is 0 Å². The molecule has 22 heavy (non-hydrogen) atoms. The van der Waals surface area contributed by atoms with E-state index in [-0.39, 0.29) is 18.2 Å². The zero-order valence-corrected chi connectivity index (χ0v) is 13.0. The molecule has 0 saturated carbocycles. The average Bonchev–Trinajstić information content (AvgIpc) is 2.75. The second-order valence-corrected chi connectivity index (χ2v) is 5.87. The smallest absolute Gasteiger partial charge is 0.256 e. The Balaban J connectivity index is 1.81. The van der Waals surface area contributed by atoms with Crippen LogP contribution in [0.15, 0.2) is 53.0 Å². The van der Waals surface area contributed by atoms with Gasteiger partial charge in [0.2, 0.25) is 5.91 Å². The van der Waals surface area contributed by atoms with Crippen LogP contribution in [0.4, 0.5) is 15.8 Å². The van der Waals surface area contributed by atoms with E-state index >= 15 is 0 Å². The Morgan fingerprint density at radius 3 is 2.55 bits per heavy atom. The molecular weight excluding hydrogens is 351 g/mol. The molecule has 1 aliphatic rings. The maximum Gasteiger partial charge on any atom is 0.256 e. The van der Waals surface area contributed by atoms with E-state index in [1.807, 2.05) is 0 Å². The minimum absolute atomic E-state index is 0.0470. The molecule has 112 valence electrons. The summed E-state index contributed by atoms with van der Waals surface area (Å²) in [7, 11) is 0. The number of anilines is 2. The minimum atomic E-state index is -0.682. The van der Waals surface area contributed by atoms with Crippen molar-refractivity contribution in [3.63, 3.8) is 0 Å². The van der Waals surface area contributed by atoms with Crippen molar-refractivity contribution in [2.45, 2.75) is 12.5 Å². The van der Waals surface area contributed by atoms with Gasteiger partial charge in [-0.15, -0.1) is 0 Å². The van der Waals surface area contributed by atoms with Gasteiger partial charge in [-0.2, -0.15) is 0 Å². The summed E-state index contributed by atoms with van der Waals surface area (Å²) < 4.78 is 14.1. The van der Waals surface area contributed by atoms with Crippen molar-refractivity contribution >= 4 is 39.1 Å². The van der Waals surface area contributed by atoms with Crippen LogP contribution in [0.2, 0.25) is 0 Å². The summed E-state index contributed by atoms with van der Waals surface area (Å²) in [5, 5.41) is 2.91. The van der Waals surface area contributed by atoms with Crippen LogP contribution < -0.4 is 10.2 Å². The summed E-state index contributed by atoms with van der Waals surface area (Å²) in [6.07, 6.45) is 0.0470. The highest BCUT2D eigenvalue weighted by atomic mass is 79.9. The van der Waals surface area contributed by atoms with Gasteiger partial charge in [0, 0.05) is 10.2 Å². The Kier molecular flexibility index (Phi) is 3.94. The fourth-order valence-corrected chi connectivity index (χ4v) is 2.65. The molecule has 0 radical (unpaired) electrons. The molecule has 1 unspecified atom stereocenters. The Hall–Kier alpha value is -2.21. The van der Waals surface area contributed by atoms with Crippen LogP contribution in [0, 0.1) is 5.82 Å². The second-order valence-electron chi connectivity index (χ2n) is 4.96. The van der Waals surface area contributed by atoms with Crippen molar-refractivity contribution in [1.29, 1.82) is 0 Å². The van der Waals surface area contributed by atoms with Crippen molar-refractivity contribution < 1.29 is 14.0 Å². The molecule has 1 N–H and O–H groups in total. The molecule has 1 atom stereocenters. The monoisotopic (exact) mass is 362 g/mol. The summed E-state index contributed by atoms with van der Waals surface area (Å²) in [6, 6.07) is 12.1. The van der Waals surface area contributed by atoms with Gasteiger partial charge in [-0.05, 0) is 42.5 Å². The molecule has 0 bridgehead atoms. The fourth-order valence-electron chi connectivity index (χ4n) is 2.39. The van der Waals surface area contributed by atoms with Crippen LogP contribution in [-0.2, 0) is 9.59 Å². The number of nitrogens with zero attached hydrogens (tertiary/aromatic N) is 1. The predicted octanol–water partition coefficient (Wildman–Crippen LogP) is 3.33. The van der Waals surface area contributed by atoms with Gasteiger partial charge in [0.1, 0.15) is 11.9 Å². The largest absolute Gasteiger partial charge is 0.373 e. The third kappa shape index (κ3) is 2.87. The molecule has 0 aliphatic carbocycles. The number of nitrogens with one attached hydrogen (secondary N) is 1. The molecule has 2 aromatic rings. The summed E-state index contributed by atoms with van der Waals surface area (Å²) in [5.74, 6) is -1.01. The van der Waals surface area contributed by atoms with Gasteiger partial charge >= 0.3 is 0 Å². The number of halogens is 2. The third-order valence-electron chi connectivity index (χ3n) is 3.40. The lowest BCUT2D eigenvalue weighted by atomic mass is 10.2. The number of carbonyl (C=O) groups is 2. The summed E-state index contributed by atoms with van der Waals surface area (Å²) in [4.78, 5) is 25.7. The van der Waals surface area contributed by atoms with E-state index in [4.69, 9.17) is 0 Å². The molecular formula is C16H12BrFN2O2. The Morgan fingerprint density at radius 1 is 1.14 bits per heavy atom. The van der Waals surface area contributed by atoms with E-state index in [9.17, 15) is 14.0 Å². The van der Waals surface area contributed by atoms with E-state index in [2.05, 4.69) is 21.2 Å². The molecule has 4 nitrogen and oxygen atoms in total. The first-order valence-electron chi connectivity index (χ1n) is 6.69. The molecule has 3 rings (SSSR count). The van der Waals surface area contributed by atoms with E-state index in [0.717, 1.165) is 9.37 Å². The van der Waals surface area contributed by atoms with Crippen LogP contribution in [0.25, 0.3) is 0 Å². The third-order valence-corrected chi connectivity index (χ3v) is 3.93. The number of imide groups is 1. The Morgan fingerprint density at radius 2 is 1.86 bits per heavy atom. The molecule has 1 aliphatic heterocycles. The maximum absolute atomic E-state index is 13.2. The van der Waals surface area contributed by atoms with Crippen molar-refractivity contribution in [2.24, 2.45) is 0 Å². The standard InChI is InChI=1S/C16H12BrFN2O2/c17-10-4-6-13(7-5-10)20-15(21)9-14(16(20)22)19-12-3-1-2-11(18)8-12/h1-8,14,19H,9H2. The quantitative estimate of drug-likeness (QED) is 0.852. The molecule has 1 heterocycles. The van der Waals surface area contributed by atoms with Gasteiger partial charge < -0.3 is 5.32 Å². The van der Waals surface area contributed by atoms with Crippen LogP contribution in [0.5, 0.6) is 0 Å². The lowest BCUT2D eigenvalue weighted by molar-refractivity contribution is -0.121. The van der Waals surface area contributed by atoms with Gasteiger partial charge in [-0.3, -0.25) is 9.59 Å². The number of hydrogen-bond acceptors (Lipinski definition) is 3. The van der Waals surface area contributed by atoms with E-state index in [1.165, 1.54) is 12.1 Å². The van der Waals surface area contributed by atoms with Crippen LogP contribution in [0.1, 0.15) is 6.42 Å². The first-order chi connectivity index (χ1) is 10.5. The summed E-state index contributed by atoms with van der Waals surface area (Å²) in [5.41, 5.74) is 1.01. The predicted molar refractivity (Wildman–Crippen MR) is 85.1 cm³/mol. The van der Waals surface area contributed by atoms with Crippen LogP contribution >= 0.6 is 15.9 Å². The maximum atomic E-state index is 13.2. The molecule has 0 spiro atoms. The van der Waals surface area contributed by atoms with Gasteiger partial charge in [-0.1, -0.05) is 22.0 Å². The highest BCUT2D eigenvalue weighted by Gasteiger charge is 2.39. The highest BCUT2D eigenvalue weighted by Crippen LogP contribution is 2.26. The Labute approximate surface area is 135 Å². The average molecular weight is 363 g/mol. The summed E-state index contributed by atoms with van der Waals surface area (Å²) >= 11 is 3.31. The van der Waals surface area contributed by atoms with Gasteiger partial charge in [0.25, 0.3) is 5.91 Å². The SMILES string of the molecule is O=C1CC(Nc2cccc(F)c2)C(=O)N1c1ccc(Br)cc1. The van der Waals surface area contributed by atoms with Crippen LogP contribution in [0.3, 0.4) is 0 Å². The lowest BCUT2D eigenvalue weighted by Crippen LogP contribution is -2.34. The van der Waals surface area contributed by atoms with E-state index in [0.29, 0.717) is 11.4 Å². The van der Waals surface area contributed by atoms with Crippen molar-refractivity contribution in [3.8, 4) is 0 Å². The second kappa shape index (κ2) is 5.88. The van der Waals surface area contributed by atoms with Gasteiger partial charge in [0.05, 0.1) is 12.1 Å². The molecule has 0 aromatic heterocycles. The van der Waals surface area contributed by atoms with E-state index in [1.54, 1.807) is 36.4 Å². The molecule has 2 aromatic carbocycles. The first-order valence-corrected chi connectivity index (χ1v) is 7.48. The number of benzene rings is 2. The number of carbonyl (C=O) groups excluding carboxylic acids is 2. The normalized spacial score (nSPS) is 17.9. The lowest BCUT2D eigenvalue weighted by Gasteiger charge is -2.16. The van der Waals surface area contributed by atoms with Crippen LogP contribution in [-0.4, -0.2) is 17.9 Å². The molecule has 1 saturated heterocycles. The zero-order valence-electron chi connectivity index (χ0n) is 11.4. The van der Waals surface area contributed by atoms with Gasteiger partial charge in [0.15, 0.2) is 0 Å². The van der Waals surface area contributed by atoms with Gasteiger partial charge in [-0.25, -0.2) is 9.29 Å². The minimum Gasteiger partial charge on any atom is -0.373 e. The topological polar surface area (TPSA) is 49.4 Å². The molecule has 1 fully saturated rings. The van der Waals surface area contributed by atoms with Crippen molar-refractivity contribution in [2.75, 3.05) is 10.2 Å². The van der Waals surface area contributed by atoms with E-state index < -0.39 is 11.9 Å². The fraction of sp³-hybridized carbons (Fsp3) is 0.125. The summed E-state index contributed by atoms with van der Waals surface area (Å²) in [6.45, 7) is 0. The number of rotatable bonds is 3. The first kappa shape index (κ1) is 14.7. The molecule has 2 amide bonds. The zero-order chi connectivity index (χ0) is 15.7. The molecule has 6 heteroatoms.